The molecule has 0 aliphatic heterocycles. The van der Waals surface area contributed by atoms with Gasteiger partial charge in [0.15, 0.2) is 11.5 Å². The molecule has 3 rings (SSSR count). The van der Waals surface area contributed by atoms with Crippen molar-refractivity contribution in [3.63, 3.8) is 0 Å². The summed E-state index contributed by atoms with van der Waals surface area (Å²) in [5.74, 6) is -0.462. The number of aromatic nitrogens is 1. The van der Waals surface area contributed by atoms with Gasteiger partial charge in [-0.05, 0) is 46.2 Å². The highest BCUT2D eigenvalue weighted by atomic mass is 127. The molecule has 0 amide bonds. The first-order valence-corrected chi connectivity index (χ1v) is 7.65. The Kier molecular flexibility index (Phi) is 3.58. The number of oxazole rings is 1. The second-order valence-corrected chi connectivity index (χ2v) is 6.18. The van der Waals surface area contributed by atoms with Crippen LogP contribution >= 0.6 is 33.9 Å². The van der Waals surface area contributed by atoms with Gasteiger partial charge in [0.25, 0.3) is 0 Å². The first-order valence-electron chi connectivity index (χ1n) is 5.69. The van der Waals surface area contributed by atoms with Gasteiger partial charge in [-0.1, -0.05) is 18.2 Å². The maximum atomic E-state index is 11.3. The smallest absolute Gasteiger partial charge is 0.358 e. The molecule has 0 unspecified atom stereocenters. The fourth-order valence-electron chi connectivity index (χ4n) is 1.80. The summed E-state index contributed by atoms with van der Waals surface area (Å²) in [5.41, 5.74) is 0.653. The fourth-order valence-corrected chi connectivity index (χ4v) is 2.99. The second-order valence-electron chi connectivity index (χ2n) is 3.99. The van der Waals surface area contributed by atoms with Crippen LogP contribution in [0.2, 0.25) is 0 Å². The summed E-state index contributed by atoms with van der Waals surface area (Å²) in [5, 5.41) is 11.2. The third-order valence-corrected chi connectivity index (χ3v) is 4.18. The lowest BCUT2D eigenvalue weighted by Crippen LogP contribution is -1.98. The van der Waals surface area contributed by atoms with Gasteiger partial charge >= 0.3 is 5.97 Å². The Labute approximate surface area is 132 Å². The molecule has 0 bridgehead atoms. The van der Waals surface area contributed by atoms with E-state index < -0.39 is 5.97 Å². The quantitative estimate of drug-likeness (QED) is 0.667. The van der Waals surface area contributed by atoms with Crippen LogP contribution in [0, 0.1) is 3.57 Å². The standard InChI is InChI=1S/C14H8INO3S/c15-9-4-1-3-8(7-9)12-11(14(17)18)16-13(19-12)10-5-2-6-20-10/h1-7H,(H,17,18). The number of nitrogens with zero attached hydrogens (tertiary/aromatic N) is 1. The van der Waals surface area contributed by atoms with Gasteiger partial charge in [0.2, 0.25) is 5.89 Å². The zero-order valence-corrected chi connectivity index (χ0v) is 13.0. The Morgan fingerprint density at radius 1 is 1.30 bits per heavy atom. The third-order valence-electron chi connectivity index (χ3n) is 2.65. The van der Waals surface area contributed by atoms with Crippen LogP contribution in [0.25, 0.3) is 22.1 Å². The van der Waals surface area contributed by atoms with E-state index in [0.29, 0.717) is 17.2 Å². The Bertz CT molecular complexity index is 765. The summed E-state index contributed by atoms with van der Waals surface area (Å²) < 4.78 is 6.68. The van der Waals surface area contributed by atoms with Crippen LogP contribution in [0.4, 0.5) is 0 Å². The van der Waals surface area contributed by atoms with E-state index in [0.717, 1.165) is 8.45 Å². The number of benzene rings is 1. The molecule has 0 saturated carbocycles. The number of aromatic carboxylic acids is 1. The van der Waals surface area contributed by atoms with Crippen LogP contribution in [0.5, 0.6) is 0 Å². The van der Waals surface area contributed by atoms with E-state index in [1.165, 1.54) is 11.3 Å². The van der Waals surface area contributed by atoms with Crippen molar-refractivity contribution in [2.45, 2.75) is 0 Å². The first-order chi connectivity index (χ1) is 9.65. The molecule has 2 aromatic heterocycles. The molecule has 3 aromatic rings. The molecule has 0 spiro atoms. The van der Waals surface area contributed by atoms with Crippen molar-refractivity contribution in [1.29, 1.82) is 0 Å². The zero-order chi connectivity index (χ0) is 14.1. The first kappa shape index (κ1) is 13.3. The molecule has 2 heterocycles. The van der Waals surface area contributed by atoms with Gasteiger partial charge in [-0.25, -0.2) is 9.78 Å². The van der Waals surface area contributed by atoms with Gasteiger partial charge in [-0.15, -0.1) is 11.3 Å². The van der Waals surface area contributed by atoms with E-state index in [9.17, 15) is 9.90 Å². The molecule has 6 heteroatoms. The fraction of sp³-hybridized carbons (Fsp3) is 0. The van der Waals surface area contributed by atoms with Crippen LogP contribution in [0.3, 0.4) is 0 Å². The summed E-state index contributed by atoms with van der Waals surface area (Å²) in [6.07, 6.45) is 0. The molecule has 1 aromatic carbocycles. The van der Waals surface area contributed by atoms with Crippen molar-refractivity contribution >= 4 is 39.9 Å². The lowest BCUT2D eigenvalue weighted by molar-refractivity contribution is 0.0691. The second kappa shape index (κ2) is 5.37. The Balaban J connectivity index is 2.17. The molecule has 100 valence electrons. The van der Waals surface area contributed by atoms with Crippen molar-refractivity contribution in [1.82, 2.24) is 4.98 Å². The van der Waals surface area contributed by atoms with E-state index in [2.05, 4.69) is 27.6 Å². The van der Waals surface area contributed by atoms with Gasteiger partial charge in [-0.3, -0.25) is 0 Å². The van der Waals surface area contributed by atoms with Crippen molar-refractivity contribution in [3.8, 4) is 22.1 Å². The van der Waals surface area contributed by atoms with Crippen molar-refractivity contribution in [2.24, 2.45) is 0 Å². The van der Waals surface area contributed by atoms with Crippen LogP contribution in [0.1, 0.15) is 10.5 Å². The largest absolute Gasteiger partial charge is 0.476 e. The van der Waals surface area contributed by atoms with E-state index in [-0.39, 0.29) is 5.69 Å². The highest BCUT2D eigenvalue weighted by molar-refractivity contribution is 14.1. The Hall–Kier alpha value is -1.67. The predicted octanol–water partition coefficient (Wildman–Crippen LogP) is 4.37. The average molecular weight is 397 g/mol. The van der Waals surface area contributed by atoms with Crippen molar-refractivity contribution in [2.75, 3.05) is 0 Å². The molecule has 0 saturated heterocycles. The van der Waals surface area contributed by atoms with Crippen LogP contribution < -0.4 is 0 Å². The van der Waals surface area contributed by atoms with E-state index in [1.54, 1.807) is 0 Å². The highest BCUT2D eigenvalue weighted by Gasteiger charge is 2.22. The maximum absolute atomic E-state index is 11.3. The number of rotatable bonds is 3. The van der Waals surface area contributed by atoms with Gasteiger partial charge in [-0.2, -0.15) is 0 Å². The van der Waals surface area contributed by atoms with E-state index in [1.807, 2.05) is 41.8 Å². The SMILES string of the molecule is O=C(O)c1nc(-c2cccs2)oc1-c1cccc(I)c1. The minimum Gasteiger partial charge on any atom is -0.476 e. The van der Waals surface area contributed by atoms with Crippen molar-refractivity contribution in [3.05, 3.63) is 51.0 Å². The molecule has 0 aliphatic carbocycles. The third kappa shape index (κ3) is 2.48. The summed E-state index contributed by atoms with van der Waals surface area (Å²) in [6, 6.07) is 11.2. The molecular weight excluding hydrogens is 389 g/mol. The van der Waals surface area contributed by atoms with E-state index >= 15 is 0 Å². The number of halogens is 1. The number of carbonyl (C=O) groups is 1. The Morgan fingerprint density at radius 3 is 2.80 bits per heavy atom. The summed E-state index contributed by atoms with van der Waals surface area (Å²) in [7, 11) is 0. The monoisotopic (exact) mass is 397 g/mol. The van der Waals surface area contributed by atoms with Crippen LogP contribution in [0.15, 0.2) is 46.2 Å². The molecule has 0 fully saturated rings. The average Bonchev–Trinajstić information content (AvgIpc) is 3.08. The van der Waals surface area contributed by atoms with Gasteiger partial charge in [0.1, 0.15) is 0 Å². The van der Waals surface area contributed by atoms with Crippen LogP contribution in [-0.2, 0) is 0 Å². The highest BCUT2D eigenvalue weighted by Crippen LogP contribution is 2.32. The summed E-state index contributed by atoms with van der Waals surface area (Å²) in [6.45, 7) is 0. The normalized spacial score (nSPS) is 10.7. The van der Waals surface area contributed by atoms with Crippen molar-refractivity contribution < 1.29 is 14.3 Å². The van der Waals surface area contributed by atoms with Gasteiger partial charge < -0.3 is 9.52 Å². The number of hydrogen-bond donors (Lipinski definition) is 1. The molecule has 4 nitrogen and oxygen atoms in total. The number of carboxylic acids is 1. The minimum atomic E-state index is -1.09. The maximum Gasteiger partial charge on any atom is 0.358 e. The minimum absolute atomic E-state index is 0.0598. The molecule has 0 radical (unpaired) electrons. The van der Waals surface area contributed by atoms with Gasteiger partial charge in [0.05, 0.1) is 4.88 Å². The molecule has 0 atom stereocenters. The number of carboxylic acid groups (broad SMARTS) is 1. The molecule has 0 aliphatic rings. The lowest BCUT2D eigenvalue weighted by Gasteiger charge is -1.98. The van der Waals surface area contributed by atoms with E-state index in [4.69, 9.17) is 4.42 Å². The summed E-state index contributed by atoms with van der Waals surface area (Å²) in [4.78, 5) is 16.3. The lowest BCUT2D eigenvalue weighted by atomic mass is 10.1. The number of hydrogen-bond acceptors (Lipinski definition) is 4. The summed E-state index contributed by atoms with van der Waals surface area (Å²) >= 11 is 3.63. The zero-order valence-electron chi connectivity index (χ0n) is 10.0. The van der Waals surface area contributed by atoms with Gasteiger partial charge in [0, 0.05) is 9.13 Å². The topological polar surface area (TPSA) is 63.3 Å². The molecular formula is C14H8INO3S. The predicted molar refractivity (Wildman–Crippen MR) is 84.9 cm³/mol. The molecule has 20 heavy (non-hydrogen) atoms. The number of thiophene rings is 1. The Morgan fingerprint density at radius 2 is 2.15 bits per heavy atom. The van der Waals surface area contributed by atoms with Crippen LogP contribution in [-0.4, -0.2) is 16.1 Å². The molecule has 1 N–H and O–H groups in total.